The standard InChI is InChI=1S/C14H24N4O2S/c1-5-7-15-13(20)10(3)16-8-12-9-21-14(17-12)18(6-2)11(4)19/h9-10,16H,5-8H2,1-4H3,(H,15,20). The predicted octanol–water partition coefficient (Wildman–Crippen LogP) is 1.52. The van der Waals surface area contributed by atoms with Crippen LogP contribution < -0.4 is 15.5 Å². The van der Waals surface area contributed by atoms with Crippen molar-refractivity contribution in [1.29, 1.82) is 0 Å². The van der Waals surface area contributed by atoms with Gasteiger partial charge in [-0.2, -0.15) is 0 Å². The molecule has 21 heavy (non-hydrogen) atoms. The first-order chi connectivity index (χ1) is 9.99. The Morgan fingerprint density at radius 2 is 2.14 bits per heavy atom. The molecule has 1 atom stereocenters. The molecule has 2 N–H and O–H groups in total. The van der Waals surface area contributed by atoms with Gasteiger partial charge in [0.25, 0.3) is 0 Å². The van der Waals surface area contributed by atoms with E-state index < -0.39 is 0 Å². The number of nitrogens with zero attached hydrogens (tertiary/aromatic N) is 2. The lowest BCUT2D eigenvalue weighted by molar-refractivity contribution is -0.122. The van der Waals surface area contributed by atoms with Crippen LogP contribution in [0.25, 0.3) is 0 Å². The molecule has 0 aliphatic rings. The molecule has 0 fully saturated rings. The second-order valence-electron chi connectivity index (χ2n) is 4.78. The van der Waals surface area contributed by atoms with Crippen molar-refractivity contribution in [2.24, 2.45) is 0 Å². The molecule has 2 amide bonds. The lowest BCUT2D eigenvalue weighted by atomic mass is 10.3. The molecular formula is C14H24N4O2S. The van der Waals surface area contributed by atoms with Crippen LogP contribution in [0.15, 0.2) is 5.38 Å². The summed E-state index contributed by atoms with van der Waals surface area (Å²) in [5, 5.41) is 8.59. The van der Waals surface area contributed by atoms with Gasteiger partial charge in [0.2, 0.25) is 11.8 Å². The molecule has 6 nitrogen and oxygen atoms in total. The number of amides is 2. The third kappa shape index (κ3) is 5.43. The van der Waals surface area contributed by atoms with Crippen molar-refractivity contribution < 1.29 is 9.59 Å². The number of hydrogen-bond acceptors (Lipinski definition) is 5. The van der Waals surface area contributed by atoms with Gasteiger partial charge < -0.3 is 10.6 Å². The molecular weight excluding hydrogens is 288 g/mol. The molecule has 0 spiro atoms. The average molecular weight is 312 g/mol. The molecule has 1 rings (SSSR count). The van der Waals surface area contributed by atoms with Crippen molar-refractivity contribution in [3.05, 3.63) is 11.1 Å². The van der Waals surface area contributed by atoms with Crippen LogP contribution in [0.4, 0.5) is 5.13 Å². The van der Waals surface area contributed by atoms with E-state index in [9.17, 15) is 9.59 Å². The molecule has 1 aromatic heterocycles. The predicted molar refractivity (Wildman–Crippen MR) is 85.4 cm³/mol. The van der Waals surface area contributed by atoms with Gasteiger partial charge in [-0.05, 0) is 20.3 Å². The zero-order chi connectivity index (χ0) is 15.8. The Kier molecular flexibility index (Phi) is 7.31. The number of hydrogen-bond donors (Lipinski definition) is 2. The molecule has 1 aromatic rings. The van der Waals surface area contributed by atoms with Crippen LogP contribution in [-0.2, 0) is 16.1 Å². The highest BCUT2D eigenvalue weighted by Crippen LogP contribution is 2.20. The Balaban J connectivity index is 2.51. The van der Waals surface area contributed by atoms with Crippen molar-refractivity contribution >= 4 is 28.3 Å². The molecule has 0 bridgehead atoms. The summed E-state index contributed by atoms with van der Waals surface area (Å²) in [5.74, 6) is -0.0232. The first kappa shape index (κ1) is 17.6. The van der Waals surface area contributed by atoms with E-state index in [0.717, 1.165) is 12.1 Å². The van der Waals surface area contributed by atoms with E-state index in [1.54, 1.807) is 4.90 Å². The highest BCUT2D eigenvalue weighted by Gasteiger charge is 2.15. The summed E-state index contributed by atoms with van der Waals surface area (Å²) in [6, 6.07) is -0.267. The lowest BCUT2D eigenvalue weighted by Gasteiger charge is -2.15. The van der Waals surface area contributed by atoms with Crippen LogP contribution >= 0.6 is 11.3 Å². The first-order valence-corrected chi connectivity index (χ1v) is 8.11. The summed E-state index contributed by atoms with van der Waals surface area (Å²) in [7, 11) is 0. The monoisotopic (exact) mass is 312 g/mol. The van der Waals surface area contributed by atoms with Gasteiger partial charge in [-0.3, -0.25) is 14.5 Å². The Morgan fingerprint density at radius 1 is 1.43 bits per heavy atom. The van der Waals surface area contributed by atoms with Crippen molar-refractivity contribution in [3.63, 3.8) is 0 Å². The molecule has 0 aromatic carbocycles. The number of anilines is 1. The number of carbonyl (C=O) groups excluding carboxylic acids is 2. The number of rotatable bonds is 8. The second kappa shape index (κ2) is 8.74. The van der Waals surface area contributed by atoms with Crippen LogP contribution in [0.3, 0.4) is 0 Å². The summed E-state index contributed by atoms with van der Waals surface area (Å²) in [4.78, 5) is 29.2. The molecule has 0 saturated heterocycles. The van der Waals surface area contributed by atoms with Crippen LogP contribution in [0.1, 0.15) is 39.8 Å². The summed E-state index contributed by atoms with van der Waals surface area (Å²) in [5.41, 5.74) is 0.838. The minimum Gasteiger partial charge on any atom is -0.355 e. The zero-order valence-electron chi connectivity index (χ0n) is 13.1. The maximum Gasteiger partial charge on any atom is 0.236 e. The topological polar surface area (TPSA) is 74.3 Å². The number of aromatic nitrogens is 1. The number of carbonyl (C=O) groups is 2. The molecule has 0 radical (unpaired) electrons. The van der Waals surface area contributed by atoms with Gasteiger partial charge >= 0.3 is 0 Å². The summed E-state index contributed by atoms with van der Waals surface area (Å²) >= 11 is 1.44. The molecule has 7 heteroatoms. The van der Waals surface area contributed by atoms with Gasteiger partial charge in [-0.25, -0.2) is 4.98 Å². The third-order valence-electron chi connectivity index (χ3n) is 3.00. The Hall–Kier alpha value is -1.47. The molecule has 0 aliphatic carbocycles. The van der Waals surface area contributed by atoms with E-state index in [-0.39, 0.29) is 17.9 Å². The van der Waals surface area contributed by atoms with Gasteiger partial charge in [-0.1, -0.05) is 6.92 Å². The Morgan fingerprint density at radius 3 is 2.71 bits per heavy atom. The fraction of sp³-hybridized carbons (Fsp3) is 0.643. The summed E-state index contributed by atoms with van der Waals surface area (Å²) in [6.07, 6.45) is 0.922. The minimum atomic E-state index is -0.267. The van der Waals surface area contributed by atoms with Gasteiger partial charge in [0.1, 0.15) is 0 Å². The highest BCUT2D eigenvalue weighted by molar-refractivity contribution is 7.14. The fourth-order valence-electron chi connectivity index (χ4n) is 1.75. The third-order valence-corrected chi connectivity index (χ3v) is 3.91. The second-order valence-corrected chi connectivity index (χ2v) is 5.61. The molecule has 0 saturated carbocycles. The van der Waals surface area contributed by atoms with Crippen molar-refractivity contribution in [3.8, 4) is 0 Å². The maximum absolute atomic E-state index is 11.7. The fourth-order valence-corrected chi connectivity index (χ4v) is 2.68. The molecule has 0 aliphatic heterocycles. The Bertz CT molecular complexity index is 475. The van der Waals surface area contributed by atoms with E-state index in [1.807, 2.05) is 26.2 Å². The minimum absolute atomic E-state index is 0.00813. The van der Waals surface area contributed by atoms with E-state index in [1.165, 1.54) is 18.3 Å². The molecule has 1 unspecified atom stereocenters. The van der Waals surface area contributed by atoms with Crippen LogP contribution in [-0.4, -0.2) is 35.9 Å². The van der Waals surface area contributed by atoms with Gasteiger partial charge in [0.15, 0.2) is 5.13 Å². The normalized spacial score (nSPS) is 12.0. The average Bonchev–Trinajstić information content (AvgIpc) is 2.91. The lowest BCUT2D eigenvalue weighted by Crippen LogP contribution is -2.42. The smallest absolute Gasteiger partial charge is 0.236 e. The highest BCUT2D eigenvalue weighted by atomic mass is 32.1. The quantitative estimate of drug-likeness (QED) is 0.763. The maximum atomic E-state index is 11.7. The summed E-state index contributed by atoms with van der Waals surface area (Å²) < 4.78 is 0. The largest absolute Gasteiger partial charge is 0.355 e. The van der Waals surface area contributed by atoms with Crippen LogP contribution in [0, 0.1) is 0 Å². The van der Waals surface area contributed by atoms with E-state index in [4.69, 9.17) is 0 Å². The van der Waals surface area contributed by atoms with Crippen molar-refractivity contribution in [2.45, 2.75) is 46.7 Å². The van der Waals surface area contributed by atoms with Gasteiger partial charge in [-0.15, -0.1) is 11.3 Å². The van der Waals surface area contributed by atoms with E-state index in [0.29, 0.717) is 24.8 Å². The molecule has 118 valence electrons. The van der Waals surface area contributed by atoms with E-state index >= 15 is 0 Å². The van der Waals surface area contributed by atoms with Gasteiger partial charge in [0, 0.05) is 31.9 Å². The Labute approximate surface area is 129 Å². The van der Waals surface area contributed by atoms with Gasteiger partial charge in [0.05, 0.1) is 11.7 Å². The summed E-state index contributed by atoms with van der Waals surface area (Å²) in [6.45, 7) is 9.09. The zero-order valence-corrected chi connectivity index (χ0v) is 13.9. The first-order valence-electron chi connectivity index (χ1n) is 7.23. The van der Waals surface area contributed by atoms with Crippen LogP contribution in [0.5, 0.6) is 0 Å². The van der Waals surface area contributed by atoms with Crippen molar-refractivity contribution in [1.82, 2.24) is 15.6 Å². The SMILES string of the molecule is CCCNC(=O)C(C)NCc1csc(N(CC)C(C)=O)n1. The van der Waals surface area contributed by atoms with E-state index in [2.05, 4.69) is 15.6 Å². The molecule has 1 heterocycles. The van der Waals surface area contributed by atoms with Crippen LogP contribution in [0.2, 0.25) is 0 Å². The number of nitrogens with one attached hydrogen (secondary N) is 2. The number of thiazole rings is 1. The van der Waals surface area contributed by atoms with Crippen molar-refractivity contribution in [2.75, 3.05) is 18.0 Å².